The number of ether oxygens (including phenoxy) is 1. The monoisotopic (exact) mass is 489 g/mol. The first-order chi connectivity index (χ1) is 15.7. The fourth-order valence-electron chi connectivity index (χ4n) is 3.94. The van der Waals surface area contributed by atoms with Gasteiger partial charge in [-0.3, -0.25) is 4.79 Å². The number of nitrogens with two attached hydrogens (primary N) is 2. The van der Waals surface area contributed by atoms with Gasteiger partial charge in [0.15, 0.2) is 0 Å². The van der Waals surface area contributed by atoms with Gasteiger partial charge in [-0.2, -0.15) is 26.3 Å². The molecule has 34 heavy (non-hydrogen) atoms. The van der Waals surface area contributed by atoms with Crippen molar-refractivity contribution in [1.82, 2.24) is 5.32 Å². The van der Waals surface area contributed by atoms with E-state index in [0.29, 0.717) is 18.6 Å². The van der Waals surface area contributed by atoms with E-state index in [1.54, 1.807) is 30.3 Å². The molecule has 3 rings (SSSR count). The molecule has 2 aromatic carbocycles. The number of alkyl halides is 6. The molecule has 0 spiro atoms. The van der Waals surface area contributed by atoms with E-state index in [1.165, 1.54) is 6.92 Å². The summed E-state index contributed by atoms with van der Waals surface area (Å²) in [6.45, 7) is 1.31. The van der Waals surface area contributed by atoms with Crippen LogP contribution in [0, 0.1) is 0 Å². The van der Waals surface area contributed by atoms with Crippen LogP contribution in [0.25, 0.3) is 0 Å². The molecule has 5 N–H and O–H groups in total. The highest BCUT2D eigenvalue weighted by Crippen LogP contribution is 2.39. The lowest BCUT2D eigenvalue weighted by molar-refractivity contribution is -0.143. The van der Waals surface area contributed by atoms with Crippen molar-refractivity contribution in [2.75, 3.05) is 13.2 Å². The molecule has 0 saturated carbocycles. The lowest BCUT2D eigenvalue weighted by Gasteiger charge is -2.45. The molecule has 1 saturated heterocycles. The van der Waals surface area contributed by atoms with E-state index in [1.807, 2.05) is 0 Å². The van der Waals surface area contributed by atoms with Gasteiger partial charge in [-0.05, 0) is 49.1 Å². The molecule has 3 atom stereocenters. The molecule has 2 unspecified atom stereocenters. The van der Waals surface area contributed by atoms with E-state index in [2.05, 4.69) is 5.32 Å². The van der Waals surface area contributed by atoms with Crippen LogP contribution in [0.3, 0.4) is 0 Å². The van der Waals surface area contributed by atoms with Crippen LogP contribution in [0.5, 0.6) is 0 Å². The van der Waals surface area contributed by atoms with E-state index < -0.39 is 46.6 Å². The molecule has 1 aliphatic heterocycles. The Kier molecular flexibility index (Phi) is 7.03. The molecule has 1 heterocycles. The van der Waals surface area contributed by atoms with Gasteiger partial charge in [0.2, 0.25) is 5.91 Å². The summed E-state index contributed by atoms with van der Waals surface area (Å²) in [5, 5.41) is 3.19. The third kappa shape index (κ3) is 5.53. The summed E-state index contributed by atoms with van der Waals surface area (Å²) in [7, 11) is 0. The van der Waals surface area contributed by atoms with E-state index in [9.17, 15) is 31.1 Å². The largest absolute Gasteiger partial charge is 0.416 e. The van der Waals surface area contributed by atoms with E-state index in [4.69, 9.17) is 16.2 Å². The number of hydrogen-bond donors (Lipinski definition) is 3. The molecule has 1 fully saturated rings. The van der Waals surface area contributed by atoms with Gasteiger partial charge in [0.05, 0.1) is 29.4 Å². The van der Waals surface area contributed by atoms with Gasteiger partial charge >= 0.3 is 12.4 Å². The van der Waals surface area contributed by atoms with E-state index in [-0.39, 0.29) is 31.2 Å². The summed E-state index contributed by atoms with van der Waals surface area (Å²) in [6, 6.07) is 10.4. The molecular weight excluding hydrogens is 464 g/mol. The average Bonchev–Trinajstić information content (AvgIpc) is 2.78. The number of piperidine rings is 1. The fourth-order valence-corrected chi connectivity index (χ4v) is 3.94. The zero-order valence-electron chi connectivity index (χ0n) is 18.3. The van der Waals surface area contributed by atoms with Gasteiger partial charge in [-0.15, -0.1) is 0 Å². The molecule has 0 aliphatic carbocycles. The van der Waals surface area contributed by atoms with Crippen molar-refractivity contribution in [3.63, 3.8) is 0 Å². The fraction of sp³-hybridized carbons (Fsp3) is 0.435. The zero-order chi connectivity index (χ0) is 25.4. The highest BCUT2D eigenvalue weighted by Gasteiger charge is 2.45. The SMILES string of the molecule is CC(OCC1(c2ccccc2)CC[C@@](N)(C(N)=O)CN1)c1cc(C(F)(F)F)cc(C(F)(F)F)c1. The highest BCUT2D eigenvalue weighted by molar-refractivity contribution is 5.84. The number of hydrogen-bond acceptors (Lipinski definition) is 4. The minimum absolute atomic E-state index is 0.0246. The van der Waals surface area contributed by atoms with Crippen LogP contribution in [0.15, 0.2) is 48.5 Å². The third-order valence-corrected chi connectivity index (χ3v) is 6.22. The second kappa shape index (κ2) is 9.20. The number of primary amides is 1. The van der Waals surface area contributed by atoms with E-state index in [0.717, 1.165) is 5.56 Å². The van der Waals surface area contributed by atoms with Crippen LogP contribution < -0.4 is 16.8 Å². The van der Waals surface area contributed by atoms with Gasteiger partial charge in [-0.1, -0.05) is 30.3 Å². The third-order valence-electron chi connectivity index (χ3n) is 6.22. The van der Waals surface area contributed by atoms with Crippen LogP contribution in [0.2, 0.25) is 0 Å². The summed E-state index contributed by atoms with van der Waals surface area (Å²) >= 11 is 0. The number of halogens is 6. The number of rotatable bonds is 6. The number of carbonyl (C=O) groups is 1. The average molecular weight is 489 g/mol. The molecular formula is C23H25F6N3O2. The van der Waals surface area contributed by atoms with Crippen molar-refractivity contribution in [1.29, 1.82) is 0 Å². The van der Waals surface area contributed by atoms with Crippen LogP contribution >= 0.6 is 0 Å². The van der Waals surface area contributed by atoms with Crippen molar-refractivity contribution >= 4 is 5.91 Å². The lowest BCUT2D eigenvalue weighted by atomic mass is 9.76. The Balaban J connectivity index is 1.89. The van der Waals surface area contributed by atoms with Crippen molar-refractivity contribution in [3.05, 3.63) is 70.8 Å². The predicted molar refractivity (Wildman–Crippen MR) is 112 cm³/mol. The van der Waals surface area contributed by atoms with Gasteiger partial charge in [0.1, 0.15) is 5.54 Å². The summed E-state index contributed by atoms with van der Waals surface area (Å²) in [6.07, 6.45) is -10.5. The van der Waals surface area contributed by atoms with Crippen molar-refractivity contribution < 1.29 is 35.9 Å². The minimum Gasteiger partial charge on any atom is -0.372 e. The maximum absolute atomic E-state index is 13.2. The van der Waals surface area contributed by atoms with Gasteiger partial charge < -0.3 is 21.5 Å². The maximum atomic E-state index is 13.2. The van der Waals surface area contributed by atoms with Gasteiger partial charge in [0.25, 0.3) is 0 Å². The molecule has 1 amide bonds. The Bertz CT molecular complexity index is 983. The van der Waals surface area contributed by atoms with Crippen molar-refractivity contribution in [3.8, 4) is 0 Å². The summed E-state index contributed by atoms with van der Waals surface area (Å²) in [5.41, 5.74) is 7.02. The van der Waals surface area contributed by atoms with Crippen LogP contribution in [-0.4, -0.2) is 24.6 Å². The molecule has 186 valence electrons. The predicted octanol–water partition coefficient (Wildman–Crippen LogP) is 4.26. The number of nitrogens with one attached hydrogen (secondary N) is 1. The van der Waals surface area contributed by atoms with Crippen molar-refractivity contribution in [2.24, 2.45) is 11.5 Å². The molecule has 0 aromatic heterocycles. The Morgan fingerprint density at radius 3 is 2.03 bits per heavy atom. The smallest absolute Gasteiger partial charge is 0.372 e. The summed E-state index contributed by atoms with van der Waals surface area (Å²) in [4.78, 5) is 11.7. The first-order valence-corrected chi connectivity index (χ1v) is 10.5. The second-order valence-electron chi connectivity index (χ2n) is 8.61. The number of carbonyl (C=O) groups excluding carboxylic acids is 1. The van der Waals surface area contributed by atoms with E-state index >= 15 is 0 Å². The lowest BCUT2D eigenvalue weighted by Crippen LogP contribution is -2.66. The van der Waals surface area contributed by atoms with Gasteiger partial charge in [0, 0.05) is 6.54 Å². The standard InChI is InChI=1S/C23H25F6N3O2/c1-14(15-9-17(22(24,25)26)11-18(10-15)23(27,28)29)34-13-21(16-5-3-2-4-6-16)8-7-20(31,12-32-21)19(30)33/h2-6,9-11,14,32H,7-8,12-13,31H2,1H3,(H2,30,33)/t14?,20-,21?/m0/s1. The first-order valence-electron chi connectivity index (χ1n) is 10.5. The summed E-state index contributed by atoms with van der Waals surface area (Å²) < 4.78 is 85.2. The molecule has 11 heteroatoms. The van der Waals surface area contributed by atoms with Gasteiger partial charge in [-0.25, -0.2) is 0 Å². The second-order valence-corrected chi connectivity index (χ2v) is 8.61. The Labute approximate surface area is 192 Å². The summed E-state index contributed by atoms with van der Waals surface area (Å²) in [5.74, 6) is -0.681. The van der Waals surface area contributed by atoms with Crippen LogP contribution in [-0.2, 0) is 27.4 Å². The highest BCUT2D eigenvalue weighted by atomic mass is 19.4. The number of benzene rings is 2. The van der Waals surface area contributed by atoms with Crippen molar-refractivity contribution in [2.45, 2.75) is 49.3 Å². The molecule has 2 aromatic rings. The first kappa shape index (κ1) is 26.0. The Morgan fingerprint density at radius 2 is 1.59 bits per heavy atom. The maximum Gasteiger partial charge on any atom is 0.416 e. The Hall–Kier alpha value is -2.63. The normalized spacial score (nSPS) is 24.6. The molecule has 0 bridgehead atoms. The van der Waals surface area contributed by atoms with Crippen LogP contribution in [0.4, 0.5) is 26.3 Å². The van der Waals surface area contributed by atoms with Crippen LogP contribution in [0.1, 0.15) is 48.1 Å². The topological polar surface area (TPSA) is 90.4 Å². The Morgan fingerprint density at radius 1 is 1.03 bits per heavy atom. The zero-order valence-corrected chi connectivity index (χ0v) is 18.3. The number of amides is 1. The quantitative estimate of drug-likeness (QED) is 0.529. The molecule has 5 nitrogen and oxygen atoms in total. The minimum atomic E-state index is -4.95. The molecule has 0 radical (unpaired) electrons. The molecule has 1 aliphatic rings.